The van der Waals surface area contributed by atoms with E-state index in [1.807, 2.05) is 0 Å². The van der Waals surface area contributed by atoms with Crippen LogP contribution in [-0.2, 0) is 4.79 Å². The summed E-state index contributed by atoms with van der Waals surface area (Å²) in [5.41, 5.74) is 0.764. The summed E-state index contributed by atoms with van der Waals surface area (Å²) >= 11 is 0. The summed E-state index contributed by atoms with van der Waals surface area (Å²) in [6, 6.07) is 7.23. The first-order chi connectivity index (χ1) is 13.3. The van der Waals surface area contributed by atoms with E-state index >= 15 is 0 Å². The molecule has 1 fully saturated rings. The first-order valence-electron chi connectivity index (χ1n) is 9.93. The van der Waals surface area contributed by atoms with Crippen LogP contribution >= 0.6 is 0 Å². The van der Waals surface area contributed by atoms with Gasteiger partial charge in [0.1, 0.15) is 6.54 Å². The predicted molar refractivity (Wildman–Crippen MR) is 107 cm³/mol. The van der Waals surface area contributed by atoms with E-state index in [0.717, 1.165) is 24.4 Å². The summed E-state index contributed by atoms with van der Waals surface area (Å²) in [7, 11) is 4.14. The quantitative estimate of drug-likeness (QED) is 0.687. The Kier molecular flexibility index (Phi) is 6.15. The second-order valence-electron chi connectivity index (χ2n) is 8.13. The van der Waals surface area contributed by atoms with E-state index in [0.29, 0.717) is 24.2 Å². The van der Waals surface area contributed by atoms with E-state index in [1.165, 1.54) is 0 Å². The molecule has 0 spiro atoms. The number of nitrogens with zero attached hydrogens (tertiary/aromatic N) is 4. The lowest BCUT2D eigenvalue weighted by Crippen LogP contribution is -2.59. The number of fused-ring (bicyclic) bond motifs is 1. The van der Waals surface area contributed by atoms with E-state index < -0.39 is 0 Å². The van der Waals surface area contributed by atoms with Gasteiger partial charge in [-0.05, 0) is 53.0 Å². The van der Waals surface area contributed by atoms with Gasteiger partial charge in [-0.1, -0.05) is 12.1 Å². The highest BCUT2D eigenvalue weighted by atomic mass is 16.2. The van der Waals surface area contributed by atoms with Crippen molar-refractivity contribution in [1.29, 1.82) is 0 Å². The lowest BCUT2D eigenvalue weighted by Gasteiger charge is -2.44. The van der Waals surface area contributed by atoms with Crippen LogP contribution in [0.3, 0.4) is 0 Å². The molecule has 28 heavy (non-hydrogen) atoms. The number of hydrogen-bond donors (Lipinski definition) is 0. The molecule has 1 aromatic carbocycles. The first kappa shape index (κ1) is 20.5. The van der Waals surface area contributed by atoms with Crippen LogP contribution in [0, 0.1) is 0 Å². The van der Waals surface area contributed by atoms with Crippen molar-refractivity contribution >= 4 is 17.7 Å². The average Bonchev–Trinajstić information content (AvgIpc) is 2.89. The molecule has 1 aromatic rings. The van der Waals surface area contributed by atoms with E-state index in [4.69, 9.17) is 0 Å². The van der Waals surface area contributed by atoms with Crippen LogP contribution in [-0.4, -0.2) is 96.2 Å². The number of amides is 3. The number of carbonyl (C=O) groups is 3. The zero-order valence-electron chi connectivity index (χ0n) is 17.2. The topological polar surface area (TPSA) is 64.2 Å². The molecular weight excluding hydrogens is 356 g/mol. The molecule has 0 N–H and O–H groups in total. The maximum Gasteiger partial charge on any atom is 0.262 e. The van der Waals surface area contributed by atoms with Gasteiger partial charge in [-0.3, -0.25) is 24.2 Å². The normalized spacial score (nSPS) is 22.9. The molecule has 3 rings (SSSR count). The lowest BCUT2D eigenvalue weighted by atomic mass is 10.1. The Hall–Kier alpha value is -2.25. The van der Waals surface area contributed by atoms with Crippen LogP contribution < -0.4 is 0 Å². The molecule has 0 bridgehead atoms. The van der Waals surface area contributed by atoms with Crippen LogP contribution in [0.2, 0.25) is 0 Å². The minimum Gasteiger partial charge on any atom is -0.338 e. The standard InChI is InChI=1S/C21H30N4O3/c1-15-12-23(13-16(2)24(15)11-7-10-22(3)4)19(26)14-25-20(27)17-8-5-6-9-18(17)21(25)28/h5-6,8-9,15-16H,7,10-14H2,1-4H3. The van der Waals surface area contributed by atoms with Gasteiger partial charge in [0.05, 0.1) is 11.1 Å². The highest BCUT2D eigenvalue weighted by Crippen LogP contribution is 2.23. The largest absolute Gasteiger partial charge is 0.338 e. The van der Waals surface area contributed by atoms with Crippen LogP contribution in [0.15, 0.2) is 24.3 Å². The maximum absolute atomic E-state index is 12.9. The molecule has 7 heteroatoms. The second kappa shape index (κ2) is 8.41. The van der Waals surface area contributed by atoms with Crippen molar-refractivity contribution in [2.24, 2.45) is 0 Å². The van der Waals surface area contributed by atoms with Crippen molar-refractivity contribution in [3.63, 3.8) is 0 Å². The fourth-order valence-corrected chi connectivity index (χ4v) is 4.19. The molecule has 0 saturated carbocycles. The molecule has 7 nitrogen and oxygen atoms in total. The fourth-order valence-electron chi connectivity index (χ4n) is 4.19. The summed E-state index contributed by atoms with van der Waals surface area (Å²) in [4.78, 5) is 45.3. The van der Waals surface area contributed by atoms with E-state index in [2.05, 4.69) is 37.7 Å². The average molecular weight is 386 g/mol. The zero-order valence-corrected chi connectivity index (χ0v) is 17.2. The molecule has 152 valence electrons. The third-order valence-corrected chi connectivity index (χ3v) is 5.65. The predicted octanol–water partition coefficient (Wildman–Crippen LogP) is 1.16. The SMILES string of the molecule is CC1CN(C(=O)CN2C(=O)c3ccccc3C2=O)CC(C)N1CCCN(C)C. The smallest absolute Gasteiger partial charge is 0.262 e. The van der Waals surface area contributed by atoms with Crippen molar-refractivity contribution in [2.75, 3.05) is 46.8 Å². The Labute approximate surface area is 166 Å². The van der Waals surface area contributed by atoms with Gasteiger partial charge >= 0.3 is 0 Å². The summed E-state index contributed by atoms with van der Waals surface area (Å²) in [5.74, 6) is -0.920. The molecule has 0 radical (unpaired) electrons. The summed E-state index contributed by atoms with van der Waals surface area (Å²) in [5, 5.41) is 0. The molecule has 2 heterocycles. The molecule has 2 aliphatic rings. The molecule has 0 aromatic heterocycles. The van der Waals surface area contributed by atoms with Gasteiger partial charge in [-0.2, -0.15) is 0 Å². The van der Waals surface area contributed by atoms with Crippen molar-refractivity contribution in [3.05, 3.63) is 35.4 Å². The van der Waals surface area contributed by atoms with Gasteiger partial charge in [-0.15, -0.1) is 0 Å². The number of piperazine rings is 1. The minimum absolute atomic E-state index is 0.166. The van der Waals surface area contributed by atoms with Crippen molar-refractivity contribution in [2.45, 2.75) is 32.4 Å². The molecular formula is C21H30N4O3. The Morgan fingerprint density at radius 3 is 2.07 bits per heavy atom. The van der Waals surface area contributed by atoms with Crippen LogP contribution in [0.1, 0.15) is 41.0 Å². The maximum atomic E-state index is 12.9. The number of imide groups is 1. The van der Waals surface area contributed by atoms with E-state index in [9.17, 15) is 14.4 Å². The molecule has 2 atom stereocenters. The molecule has 2 aliphatic heterocycles. The summed E-state index contributed by atoms with van der Waals surface area (Å²) < 4.78 is 0. The van der Waals surface area contributed by atoms with Crippen molar-refractivity contribution in [1.82, 2.24) is 19.6 Å². The van der Waals surface area contributed by atoms with Gasteiger partial charge in [-0.25, -0.2) is 0 Å². The Morgan fingerprint density at radius 2 is 1.57 bits per heavy atom. The Bertz CT molecular complexity index is 717. The molecule has 3 amide bonds. The lowest BCUT2D eigenvalue weighted by molar-refractivity contribution is -0.135. The summed E-state index contributed by atoms with van der Waals surface area (Å²) in [6.45, 7) is 7.36. The first-order valence-corrected chi connectivity index (χ1v) is 9.93. The number of benzene rings is 1. The minimum atomic E-state index is -0.377. The number of hydrogen-bond acceptors (Lipinski definition) is 5. The number of rotatable bonds is 6. The second-order valence-corrected chi connectivity index (χ2v) is 8.13. The van der Waals surface area contributed by atoms with Crippen LogP contribution in [0.25, 0.3) is 0 Å². The van der Waals surface area contributed by atoms with Gasteiger partial charge < -0.3 is 9.80 Å². The van der Waals surface area contributed by atoms with E-state index in [1.54, 1.807) is 29.2 Å². The molecule has 2 unspecified atom stereocenters. The van der Waals surface area contributed by atoms with E-state index in [-0.39, 0.29) is 36.3 Å². The van der Waals surface area contributed by atoms with Gasteiger partial charge in [0.25, 0.3) is 11.8 Å². The summed E-state index contributed by atoms with van der Waals surface area (Å²) in [6.07, 6.45) is 1.09. The van der Waals surface area contributed by atoms with Crippen LogP contribution in [0.4, 0.5) is 0 Å². The van der Waals surface area contributed by atoms with Crippen molar-refractivity contribution in [3.8, 4) is 0 Å². The Morgan fingerprint density at radius 1 is 1.04 bits per heavy atom. The van der Waals surface area contributed by atoms with Crippen molar-refractivity contribution < 1.29 is 14.4 Å². The third kappa shape index (κ3) is 4.10. The third-order valence-electron chi connectivity index (χ3n) is 5.65. The molecule has 0 aliphatic carbocycles. The fraction of sp³-hybridized carbons (Fsp3) is 0.571. The highest BCUT2D eigenvalue weighted by Gasteiger charge is 2.38. The highest BCUT2D eigenvalue weighted by molar-refractivity contribution is 6.22. The molecule has 1 saturated heterocycles. The number of carbonyl (C=O) groups excluding carboxylic acids is 3. The van der Waals surface area contributed by atoms with Gasteiger partial charge in [0.2, 0.25) is 5.91 Å². The van der Waals surface area contributed by atoms with Crippen LogP contribution in [0.5, 0.6) is 0 Å². The Balaban J connectivity index is 1.59. The monoisotopic (exact) mass is 386 g/mol. The zero-order chi connectivity index (χ0) is 20.4. The van der Waals surface area contributed by atoms with Gasteiger partial charge in [0, 0.05) is 31.7 Å². The van der Waals surface area contributed by atoms with Gasteiger partial charge in [0.15, 0.2) is 0 Å².